The van der Waals surface area contributed by atoms with Crippen molar-refractivity contribution in [3.05, 3.63) is 82.6 Å². The summed E-state index contributed by atoms with van der Waals surface area (Å²) in [6, 6.07) is 13.9. The number of anilines is 1. The molecule has 1 aromatic heterocycles. The van der Waals surface area contributed by atoms with Crippen LogP contribution in [0.15, 0.2) is 65.8 Å². The Hall–Kier alpha value is -2.64. The van der Waals surface area contributed by atoms with Crippen molar-refractivity contribution in [3.63, 3.8) is 0 Å². The number of aryl methyl sites for hydroxylation is 2. The van der Waals surface area contributed by atoms with Gasteiger partial charge in [-0.05, 0) is 50.1 Å². The van der Waals surface area contributed by atoms with Gasteiger partial charge in [-0.1, -0.05) is 41.4 Å². The molecule has 0 saturated carbocycles. The molecule has 0 saturated heterocycles. The Balaban J connectivity index is 2.05. The Morgan fingerprint density at radius 1 is 1.16 bits per heavy atom. The summed E-state index contributed by atoms with van der Waals surface area (Å²) in [5.41, 5.74) is 2.90. The SMILES string of the molecule is Cc1ccc(COc2cc(Cl)c(C)cc2N(C[C@H](C)F)S(=O)(=O)c2cccnc2)cc1. The van der Waals surface area contributed by atoms with Crippen molar-refractivity contribution in [2.75, 3.05) is 10.8 Å². The number of ether oxygens (including phenoxy) is 1. The monoisotopic (exact) mass is 462 g/mol. The van der Waals surface area contributed by atoms with Crippen molar-refractivity contribution >= 4 is 27.3 Å². The van der Waals surface area contributed by atoms with Crippen LogP contribution in [0.2, 0.25) is 5.02 Å². The molecule has 2 aromatic carbocycles. The van der Waals surface area contributed by atoms with Gasteiger partial charge in [-0.3, -0.25) is 9.29 Å². The van der Waals surface area contributed by atoms with E-state index in [-0.39, 0.29) is 29.5 Å². The van der Waals surface area contributed by atoms with Gasteiger partial charge in [0.05, 0.1) is 12.2 Å². The maximum Gasteiger partial charge on any atom is 0.266 e. The van der Waals surface area contributed by atoms with Crippen LogP contribution in [0, 0.1) is 13.8 Å². The normalized spacial score (nSPS) is 12.4. The van der Waals surface area contributed by atoms with Crippen LogP contribution in [0.3, 0.4) is 0 Å². The van der Waals surface area contributed by atoms with E-state index in [0.717, 1.165) is 15.4 Å². The number of pyridine rings is 1. The lowest BCUT2D eigenvalue weighted by Crippen LogP contribution is -2.36. The van der Waals surface area contributed by atoms with Crippen molar-refractivity contribution in [3.8, 4) is 5.75 Å². The number of benzene rings is 2. The van der Waals surface area contributed by atoms with Crippen LogP contribution in [0.5, 0.6) is 5.75 Å². The van der Waals surface area contributed by atoms with Gasteiger partial charge in [0.15, 0.2) is 0 Å². The minimum atomic E-state index is -4.08. The first-order valence-electron chi connectivity index (χ1n) is 9.74. The minimum absolute atomic E-state index is 0.0345. The second-order valence-corrected chi connectivity index (χ2v) is 9.62. The van der Waals surface area contributed by atoms with Crippen LogP contribution in [0.25, 0.3) is 0 Å². The maximum atomic E-state index is 14.1. The molecule has 0 bridgehead atoms. The Morgan fingerprint density at radius 3 is 2.48 bits per heavy atom. The van der Waals surface area contributed by atoms with E-state index in [1.165, 1.54) is 31.5 Å². The smallest absolute Gasteiger partial charge is 0.266 e. The molecule has 0 fully saturated rings. The first-order valence-corrected chi connectivity index (χ1v) is 11.6. The maximum absolute atomic E-state index is 14.1. The van der Waals surface area contributed by atoms with Crippen molar-refractivity contribution in [1.82, 2.24) is 4.98 Å². The molecule has 0 amide bonds. The van der Waals surface area contributed by atoms with E-state index in [1.807, 2.05) is 31.2 Å². The molecule has 1 heterocycles. The van der Waals surface area contributed by atoms with E-state index in [0.29, 0.717) is 10.6 Å². The Labute approximate surface area is 187 Å². The van der Waals surface area contributed by atoms with Crippen LogP contribution in [0.4, 0.5) is 10.1 Å². The van der Waals surface area contributed by atoms with E-state index in [1.54, 1.807) is 19.1 Å². The fourth-order valence-electron chi connectivity index (χ4n) is 2.99. The summed E-state index contributed by atoms with van der Waals surface area (Å²) in [7, 11) is -4.08. The van der Waals surface area contributed by atoms with Gasteiger partial charge in [-0.25, -0.2) is 12.8 Å². The number of hydrogen-bond acceptors (Lipinski definition) is 4. The zero-order chi connectivity index (χ0) is 22.6. The zero-order valence-electron chi connectivity index (χ0n) is 17.5. The number of aromatic nitrogens is 1. The summed E-state index contributed by atoms with van der Waals surface area (Å²) in [5, 5.41) is 0.426. The third-order valence-corrected chi connectivity index (χ3v) is 6.83. The predicted molar refractivity (Wildman–Crippen MR) is 121 cm³/mol. The second kappa shape index (κ2) is 9.66. The fourth-order valence-corrected chi connectivity index (χ4v) is 4.64. The van der Waals surface area contributed by atoms with Crippen LogP contribution >= 0.6 is 11.6 Å². The molecule has 0 spiro atoms. The number of halogens is 2. The fraction of sp³-hybridized carbons (Fsp3) is 0.261. The third kappa shape index (κ3) is 5.54. The van der Waals surface area contributed by atoms with E-state index < -0.39 is 16.2 Å². The van der Waals surface area contributed by atoms with E-state index in [9.17, 15) is 12.8 Å². The van der Waals surface area contributed by atoms with Gasteiger partial charge < -0.3 is 4.74 Å². The summed E-state index contributed by atoms with van der Waals surface area (Å²) >= 11 is 6.30. The number of hydrogen-bond donors (Lipinski definition) is 0. The highest BCUT2D eigenvalue weighted by Gasteiger charge is 2.30. The molecule has 0 radical (unpaired) electrons. The van der Waals surface area contributed by atoms with Crippen molar-refractivity contribution in [1.29, 1.82) is 0 Å². The Bertz CT molecular complexity index is 1140. The molecule has 0 aliphatic heterocycles. The first kappa shape index (κ1) is 23.0. The van der Waals surface area contributed by atoms with E-state index in [4.69, 9.17) is 16.3 Å². The van der Waals surface area contributed by atoms with Gasteiger partial charge >= 0.3 is 0 Å². The quantitative estimate of drug-likeness (QED) is 0.444. The first-order chi connectivity index (χ1) is 14.7. The molecule has 0 N–H and O–H groups in total. The highest BCUT2D eigenvalue weighted by molar-refractivity contribution is 7.92. The van der Waals surface area contributed by atoms with Crippen LogP contribution in [-0.2, 0) is 16.6 Å². The molecule has 0 aliphatic rings. The topological polar surface area (TPSA) is 59.5 Å². The highest BCUT2D eigenvalue weighted by Crippen LogP contribution is 2.37. The number of sulfonamides is 1. The standard InChI is InChI=1S/C23H24ClFN2O3S/c1-16-6-8-19(9-7-16)15-30-23-12-21(24)17(2)11-22(23)27(14-18(3)25)31(28,29)20-5-4-10-26-13-20/h4-13,18H,14-15H2,1-3H3/t18-/m0/s1. The number of rotatable bonds is 8. The van der Waals surface area contributed by atoms with Gasteiger partial charge in [-0.2, -0.15) is 0 Å². The molecule has 0 unspecified atom stereocenters. The van der Waals surface area contributed by atoms with E-state index >= 15 is 0 Å². The van der Waals surface area contributed by atoms with Crippen molar-refractivity contribution in [2.24, 2.45) is 0 Å². The second-order valence-electron chi connectivity index (χ2n) is 7.35. The lowest BCUT2D eigenvalue weighted by atomic mass is 10.1. The lowest BCUT2D eigenvalue weighted by molar-refractivity contribution is 0.306. The average Bonchev–Trinajstić information content (AvgIpc) is 2.74. The summed E-state index contributed by atoms with van der Waals surface area (Å²) < 4.78 is 47.8. The Morgan fingerprint density at radius 2 is 1.87 bits per heavy atom. The molecule has 31 heavy (non-hydrogen) atoms. The Kier molecular flexibility index (Phi) is 7.18. The largest absolute Gasteiger partial charge is 0.487 e. The summed E-state index contributed by atoms with van der Waals surface area (Å²) in [6.45, 7) is 4.88. The van der Waals surface area contributed by atoms with Crippen LogP contribution in [-0.4, -0.2) is 26.1 Å². The number of nitrogens with zero attached hydrogens (tertiary/aromatic N) is 2. The molecule has 3 aromatic rings. The van der Waals surface area contributed by atoms with Gasteiger partial charge in [0, 0.05) is 23.5 Å². The molecule has 8 heteroatoms. The van der Waals surface area contributed by atoms with Gasteiger partial charge in [-0.15, -0.1) is 0 Å². The average molecular weight is 463 g/mol. The van der Waals surface area contributed by atoms with Gasteiger partial charge in [0.1, 0.15) is 23.4 Å². The molecule has 1 atom stereocenters. The van der Waals surface area contributed by atoms with E-state index in [2.05, 4.69) is 4.98 Å². The van der Waals surface area contributed by atoms with Gasteiger partial charge in [0.25, 0.3) is 10.0 Å². The summed E-state index contributed by atoms with van der Waals surface area (Å²) in [6.07, 6.45) is 1.30. The van der Waals surface area contributed by atoms with Crippen LogP contribution in [0.1, 0.15) is 23.6 Å². The zero-order valence-corrected chi connectivity index (χ0v) is 19.1. The predicted octanol–water partition coefficient (Wildman–Crippen LogP) is 5.48. The lowest BCUT2D eigenvalue weighted by Gasteiger charge is -2.27. The molecular formula is C23H24ClFN2O3S. The van der Waals surface area contributed by atoms with Crippen molar-refractivity contribution in [2.45, 2.75) is 38.4 Å². The summed E-state index contributed by atoms with van der Waals surface area (Å²) in [4.78, 5) is 3.86. The summed E-state index contributed by atoms with van der Waals surface area (Å²) in [5.74, 6) is 0.254. The van der Waals surface area contributed by atoms with Crippen LogP contribution < -0.4 is 9.04 Å². The van der Waals surface area contributed by atoms with Crippen molar-refractivity contribution < 1.29 is 17.5 Å². The molecule has 5 nitrogen and oxygen atoms in total. The number of alkyl halides is 1. The molecule has 0 aliphatic carbocycles. The molecule has 164 valence electrons. The molecule has 3 rings (SSSR count). The highest BCUT2D eigenvalue weighted by atomic mass is 35.5. The van der Waals surface area contributed by atoms with Gasteiger partial charge in [0.2, 0.25) is 0 Å². The third-order valence-electron chi connectivity index (χ3n) is 4.66. The minimum Gasteiger partial charge on any atom is -0.487 e. The molecular weight excluding hydrogens is 439 g/mol.